The highest BCUT2D eigenvalue weighted by Crippen LogP contribution is 2.36. The fourth-order valence-corrected chi connectivity index (χ4v) is 3.05. The maximum atomic E-state index is 11.5. The molecule has 1 unspecified atom stereocenters. The minimum Gasteiger partial charge on any atom is -0.496 e. The molecule has 2 rings (SSSR count). The van der Waals surface area contributed by atoms with Gasteiger partial charge in [0.2, 0.25) is 0 Å². The highest BCUT2D eigenvalue weighted by Gasteiger charge is 2.19. The van der Waals surface area contributed by atoms with Gasteiger partial charge in [0.25, 0.3) is 0 Å². The van der Waals surface area contributed by atoms with Crippen molar-refractivity contribution in [2.75, 3.05) is 14.2 Å². The van der Waals surface area contributed by atoms with Gasteiger partial charge in [0.1, 0.15) is 17.2 Å². The molecule has 2 aromatic rings. The molecular weight excluding hydrogens is 408 g/mol. The van der Waals surface area contributed by atoms with Crippen LogP contribution in [0.15, 0.2) is 40.9 Å². The molecule has 0 spiro atoms. The van der Waals surface area contributed by atoms with Crippen molar-refractivity contribution >= 4 is 33.5 Å². The van der Waals surface area contributed by atoms with Gasteiger partial charge < -0.3 is 14.2 Å². The quantitative estimate of drug-likeness (QED) is 0.430. The normalized spacial score (nSPS) is 12.0. The zero-order chi connectivity index (χ0) is 18.6. The molecule has 0 heterocycles. The van der Waals surface area contributed by atoms with E-state index in [0.29, 0.717) is 27.5 Å². The van der Waals surface area contributed by atoms with Crippen molar-refractivity contribution in [2.24, 2.45) is 0 Å². The fraction of sp³-hybridized carbons (Fsp3) is 0.316. The smallest absolute Gasteiger partial charge is 0.328 e. The van der Waals surface area contributed by atoms with Gasteiger partial charge in [-0.2, -0.15) is 0 Å². The zero-order valence-corrected chi connectivity index (χ0v) is 16.8. The minimum absolute atomic E-state index is 0.307. The van der Waals surface area contributed by atoms with E-state index in [2.05, 4.69) is 34.5 Å². The third-order valence-corrected chi connectivity index (χ3v) is 4.76. The number of hydrogen-bond acceptors (Lipinski definition) is 4. The molecule has 0 fully saturated rings. The summed E-state index contributed by atoms with van der Waals surface area (Å²) >= 11 is 9.54. The van der Waals surface area contributed by atoms with Crippen LogP contribution in [0.2, 0.25) is 0 Å². The number of carbonyl (C=O) groups excluding carboxylic acids is 1. The predicted octanol–water partition coefficient (Wildman–Crippen LogP) is 5.83. The fourth-order valence-electron chi connectivity index (χ4n) is 2.35. The van der Waals surface area contributed by atoms with E-state index in [-0.39, 0.29) is 0 Å². The van der Waals surface area contributed by atoms with Gasteiger partial charge >= 0.3 is 5.97 Å². The van der Waals surface area contributed by atoms with E-state index < -0.39 is 11.3 Å². The number of hydrogen-bond donors (Lipinski definition) is 0. The van der Waals surface area contributed by atoms with Crippen molar-refractivity contribution < 1.29 is 19.0 Å². The molecule has 0 radical (unpaired) electrons. The first-order valence-corrected chi connectivity index (χ1v) is 8.97. The Kier molecular flexibility index (Phi) is 6.73. The molecular formula is C19H20BrClO4. The first kappa shape index (κ1) is 19.6. The Balaban J connectivity index is 2.26. The minimum atomic E-state index is -0.858. The topological polar surface area (TPSA) is 44.8 Å². The largest absolute Gasteiger partial charge is 0.496 e. The molecule has 25 heavy (non-hydrogen) atoms. The summed E-state index contributed by atoms with van der Waals surface area (Å²) in [5, 5.41) is -0.858. The second-order valence-corrected chi connectivity index (χ2v) is 7.03. The Bertz CT molecular complexity index is 761. The van der Waals surface area contributed by atoms with Gasteiger partial charge in [-0.25, -0.2) is 0 Å². The zero-order valence-electron chi connectivity index (χ0n) is 14.5. The number of rotatable bonds is 6. The lowest BCUT2D eigenvalue weighted by Crippen LogP contribution is -2.08. The number of benzene rings is 2. The average molecular weight is 428 g/mol. The number of carbonyl (C=O) groups is 1. The summed E-state index contributed by atoms with van der Waals surface area (Å²) < 4.78 is 16.7. The maximum Gasteiger partial charge on any atom is 0.328 e. The lowest BCUT2D eigenvalue weighted by Gasteiger charge is -2.15. The van der Waals surface area contributed by atoms with E-state index in [1.54, 1.807) is 25.3 Å². The summed E-state index contributed by atoms with van der Waals surface area (Å²) in [5.41, 5.74) is 1.70. The van der Waals surface area contributed by atoms with Crippen LogP contribution in [0.1, 0.15) is 36.3 Å². The molecule has 2 aromatic carbocycles. The van der Waals surface area contributed by atoms with Gasteiger partial charge in [0.15, 0.2) is 5.38 Å². The molecule has 4 nitrogen and oxygen atoms in total. The Morgan fingerprint density at radius 2 is 1.76 bits per heavy atom. The van der Waals surface area contributed by atoms with Gasteiger partial charge in [0.05, 0.1) is 18.7 Å². The monoisotopic (exact) mass is 426 g/mol. The molecule has 0 amide bonds. The molecule has 0 saturated carbocycles. The van der Waals surface area contributed by atoms with Crippen LogP contribution in [0.4, 0.5) is 0 Å². The Hall–Kier alpha value is -1.72. The second kappa shape index (κ2) is 8.59. The van der Waals surface area contributed by atoms with Crippen LogP contribution in [-0.2, 0) is 9.53 Å². The highest BCUT2D eigenvalue weighted by molar-refractivity contribution is 9.10. The Morgan fingerprint density at radius 1 is 1.08 bits per heavy atom. The molecule has 1 atom stereocenters. The van der Waals surface area contributed by atoms with Gasteiger partial charge in [0, 0.05) is 5.56 Å². The molecule has 0 aromatic heterocycles. The number of methoxy groups -OCH3 is 2. The summed E-state index contributed by atoms with van der Waals surface area (Å²) in [6.45, 7) is 4.19. The van der Waals surface area contributed by atoms with Crippen molar-refractivity contribution in [2.45, 2.75) is 25.1 Å². The molecule has 0 aliphatic rings. The molecule has 0 bridgehead atoms. The van der Waals surface area contributed by atoms with Gasteiger partial charge in [-0.1, -0.05) is 19.9 Å². The van der Waals surface area contributed by atoms with Crippen LogP contribution in [0.25, 0.3) is 0 Å². The Labute approximate surface area is 161 Å². The summed E-state index contributed by atoms with van der Waals surface area (Å²) in [6.07, 6.45) is 0. The summed E-state index contributed by atoms with van der Waals surface area (Å²) in [4.78, 5) is 11.5. The van der Waals surface area contributed by atoms with Crippen LogP contribution < -0.4 is 9.47 Å². The van der Waals surface area contributed by atoms with Gasteiger partial charge in [-0.05, 0) is 57.7 Å². The Morgan fingerprint density at radius 3 is 2.32 bits per heavy atom. The van der Waals surface area contributed by atoms with Crippen LogP contribution in [0.5, 0.6) is 17.2 Å². The first-order valence-electron chi connectivity index (χ1n) is 7.74. The lowest BCUT2D eigenvalue weighted by molar-refractivity contribution is -0.140. The predicted molar refractivity (Wildman–Crippen MR) is 102 cm³/mol. The highest BCUT2D eigenvalue weighted by atomic mass is 79.9. The van der Waals surface area contributed by atoms with Crippen molar-refractivity contribution in [3.8, 4) is 17.2 Å². The number of alkyl halides is 1. The van der Waals surface area contributed by atoms with E-state index in [0.717, 1.165) is 11.3 Å². The summed E-state index contributed by atoms with van der Waals surface area (Å²) in [6, 6.07) is 10.9. The average Bonchev–Trinajstić information content (AvgIpc) is 2.61. The van der Waals surface area contributed by atoms with Crippen molar-refractivity contribution in [1.82, 2.24) is 0 Å². The van der Waals surface area contributed by atoms with E-state index in [1.165, 1.54) is 7.11 Å². The summed E-state index contributed by atoms with van der Waals surface area (Å²) in [7, 11) is 2.96. The molecule has 0 aliphatic heterocycles. The third kappa shape index (κ3) is 4.67. The molecule has 134 valence electrons. The van der Waals surface area contributed by atoms with E-state index in [9.17, 15) is 4.79 Å². The molecule has 0 N–H and O–H groups in total. The third-order valence-electron chi connectivity index (χ3n) is 3.71. The second-order valence-electron chi connectivity index (χ2n) is 5.74. The SMILES string of the molecule is COC(=O)C(Cl)c1ccc(Oc2ccc(OC)c(C(C)C)c2)c(Br)c1. The van der Waals surface area contributed by atoms with Crippen LogP contribution in [0, 0.1) is 0 Å². The van der Waals surface area contributed by atoms with Gasteiger partial charge in [-0.3, -0.25) is 4.79 Å². The van der Waals surface area contributed by atoms with Gasteiger partial charge in [-0.15, -0.1) is 11.6 Å². The molecule has 0 saturated heterocycles. The lowest BCUT2D eigenvalue weighted by atomic mass is 10.0. The van der Waals surface area contributed by atoms with E-state index >= 15 is 0 Å². The van der Waals surface area contributed by atoms with Crippen molar-refractivity contribution in [3.63, 3.8) is 0 Å². The van der Waals surface area contributed by atoms with E-state index in [1.807, 2.05) is 18.2 Å². The molecule has 6 heteroatoms. The number of esters is 1. The molecule has 0 aliphatic carbocycles. The summed E-state index contributed by atoms with van der Waals surface area (Å²) in [5.74, 6) is 1.96. The number of ether oxygens (including phenoxy) is 3. The van der Waals surface area contributed by atoms with Crippen LogP contribution in [0.3, 0.4) is 0 Å². The van der Waals surface area contributed by atoms with Crippen LogP contribution >= 0.6 is 27.5 Å². The van der Waals surface area contributed by atoms with Crippen molar-refractivity contribution in [3.05, 3.63) is 52.0 Å². The number of halogens is 2. The van der Waals surface area contributed by atoms with Crippen LogP contribution in [-0.4, -0.2) is 20.2 Å². The standard InChI is InChI=1S/C19H20BrClO4/c1-11(2)14-10-13(6-8-16(14)23-3)25-17-7-5-12(9-15(17)20)18(21)19(22)24-4/h5-11,18H,1-4H3. The van der Waals surface area contributed by atoms with E-state index in [4.69, 9.17) is 21.1 Å². The maximum absolute atomic E-state index is 11.5. The van der Waals surface area contributed by atoms with Crippen molar-refractivity contribution in [1.29, 1.82) is 0 Å². The first-order chi connectivity index (χ1) is 11.9.